The molecule has 2 aromatic carbocycles. The molecule has 0 unspecified atom stereocenters. The Bertz CT molecular complexity index is 1060. The molecule has 0 bridgehead atoms. The van der Waals surface area contributed by atoms with Crippen molar-refractivity contribution in [3.05, 3.63) is 48.0 Å². The van der Waals surface area contributed by atoms with Crippen LogP contribution in [0.4, 0.5) is 10.5 Å². The highest BCUT2D eigenvalue weighted by Crippen LogP contribution is 2.36. The average Bonchev–Trinajstić information content (AvgIpc) is 3.30. The molecule has 2 heterocycles. The summed E-state index contributed by atoms with van der Waals surface area (Å²) < 4.78 is 12.6. The van der Waals surface area contributed by atoms with Gasteiger partial charge in [0, 0.05) is 24.3 Å². The van der Waals surface area contributed by atoms with E-state index in [0.717, 1.165) is 41.2 Å². The van der Waals surface area contributed by atoms with Gasteiger partial charge in [-0.1, -0.05) is 6.07 Å². The highest BCUT2D eigenvalue weighted by atomic mass is 16.7. The van der Waals surface area contributed by atoms with Crippen molar-refractivity contribution < 1.29 is 14.3 Å². The maximum Gasteiger partial charge on any atom is 0.322 e. The molecule has 0 radical (unpaired) electrons. The second-order valence-corrected chi connectivity index (χ2v) is 7.39. The molecule has 2 amide bonds. The van der Waals surface area contributed by atoms with Crippen LogP contribution in [0.25, 0.3) is 11.4 Å². The standard InChI is InChI=1S/C21H22N6O3/c1-2-26(12-14-3-10-18-19(11-14)30-13-29-18)21(28)22-16-6-4-15(5-7-16)20-23-24-25-27(20)17-8-9-17/h3-7,10-11,17H,2,8-9,12-13H2,1H3,(H,22,28). The van der Waals surface area contributed by atoms with Gasteiger partial charge in [0.1, 0.15) is 0 Å². The van der Waals surface area contributed by atoms with Crippen LogP contribution < -0.4 is 14.8 Å². The number of anilines is 1. The number of nitrogens with one attached hydrogen (secondary N) is 1. The molecule has 2 aliphatic rings. The number of carbonyl (C=O) groups is 1. The Morgan fingerprint density at radius 1 is 1.17 bits per heavy atom. The van der Waals surface area contributed by atoms with Gasteiger partial charge in [-0.15, -0.1) is 5.10 Å². The second-order valence-electron chi connectivity index (χ2n) is 7.39. The van der Waals surface area contributed by atoms with Crippen molar-refractivity contribution in [3.8, 4) is 22.9 Å². The molecule has 0 spiro atoms. The first-order valence-corrected chi connectivity index (χ1v) is 10.0. The molecule has 3 aromatic rings. The van der Waals surface area contributed by atoms with Crippen molar-refractivity contribution in [1.82, 2.24) is 25.1 Å². The molecule has 9 nitrogen and oxygen atoms in total. The number of benzene rings is 2. The molecule has 1 aliphatic carbocycles. The Balaban J connectivity index is 1.25. The number of hydrogen-bond donors (Lipinski definition) is 1. The van der Waals surface area contributed by atoms with E-state index in [9.17, 15) is 4.79 Å². The van der Waals surface area contributed by atoms with Crippen LogP contribution in [0.3, 0.4) is 0 Å². The Labute approximate surface area is 173 Å². The van der Waals surface area contributed by atoms with Crippen molar-refractivity contribution in [2.24, 2.45) is 0 Å². The first kappa shape index (κ1) is 18.4. The molecule has 1 aromatic heterocycles. The highest BCUT2D eigenvalue weighted by molar-refractivity contribution is 5.89. The molecule has 1 aliphatic heterocycles. The van der Waals surface area contributed by atoms with Gasteiger partial charge < -0.3 is 19.7 Å². The van der Waals surface area contributed by atoms with Crippen LogP contribution in [0.15, 0.2) is 42.5 Å². The molecule has 1 fully saturated rings. The Morgan fingerprint density at radius 2 is 1.97 bits per heavy atom. The Hall–Kier alpha value is -3.62. The summed E-state index contributed by atoms with van der Waals surface area (Å²) in [7, 11) is 0. The lowest BCUT2D eigenvalue weighted by atomic mass is 10.2. The van der Waals surface area contributed by atoms with E-state index < -0.39 is 0 Å². The summed E-state index contributed by atoms with van der Waals surface area (Å²) in [4.78, 5) is 14.5. The largest absolute Gasteiger partial charge is 0.454 e. The number of hydrogen-bond acceptors (Lipinski definition) is 6. The average molecular weight is 406 g/mol. The zero-order valence-corrected chi connectivity index (χ0v) is 16.6. The maximum atomic E-state index is 12.8. The van der Waals surface area contributed by atoms with E-state index in [0.29, 0.717) is 24.9 Å². The van der Waals surface area contributed by atoms with Gasteiger partial charge in [-0.25, -0.2) is 9.48 Å². The minimum Gasteiger partial charge on any atom is -0.454 e. The number of fused-ring (bicyclic) bond motifs is 1. The minimum absolute atomic E-state index is 0.161. The monoisotopic (exact) mass is 406 g/mol. The predicted molar refractivity (Wildman–Crippen MR) is 109 cm³/mol. The summed E-state index contributed by atoms with van der Waals surface area (Å²) in [6.07, 6.45) is 2.23. The molecule has 1 N–H and O–H groups in total. The van der Waals surface area contributed by atoms with Gasteiger partial charge in [-0.2, -0.15) is 0 Å². The van der Waals surface area contributed by atoms with Gasteiger partial charge in [0.05, 0.1) is 6.04 Å². The van der Waals surface area contributed by atoms with Gasteiger partial charge in [-0.3, -0.25) is 0 Å². The highest BCUT2D eigenvalue weighted by Gasteiger charge is 2.28. The smallest absolute Gasteiger partial charge is 0.322 e. The third-order valence-electron chi connectivity index (χ3n) is 5.26. The summed E-state index contributed by atoms with van der Waals surface area (Å²) in [5, 5.41) is 15.0. The van der Waals surface area contributed by atoms with Gasteiger partial charge >= 0.3 is 6.03 Å². The number of ether oxygens (including phenoxy) is 2. The van der Waals surface area contributed by atoms with Crippen molar-refractivity contribution in [2.75, 3.05) is 18.7 Å². The van der Waals surface area contributed by atoms with Crippen LogP contribution in [-0.4, -0.2) is 44.5 Å². The first-order chi connectivity index (χ1) is 14.7. The number of tetrazole rings is 1. The Morgan fingerprint density at radius 3 is 2.73 bits per heavy atom. The second kappa shape index (κ2) is 7.66. The van der Waals surface area contributed by atoms with Gasteiger partial charge in [0.2, 0.25) is 6.79 Å². The minimum atomic E-state index is -0.161. The van der Waals surface area contributed by atoms with Gasteiger partial charge in [-0.05, 0) is 72.2 Å². The lowest BCUT2D eigenvalue weighted by Crippen LogP contribution is -2.34. The summed E-state index contributed by atoms with van der Waals surface area (Å²) in [5.74, 6) is 2.21. The van der Waals surface area contributed by atoms with Crippen molar-refractivity contribution in [3.63, 3.8) is 0 Å². The molecule has 1 saturated carbocycles. The molecule has 9 heteroatoms. The zero-order valence-electron chi connectivity index (χ0n) is 16.6. The van der Waals surface area contributed by atoms with E-state index in [1.165, 1.54) is 0 Å². The van der Waals surface area contributed by atoms with Crippen LogP contribution in [0.1, 0.15) is 31.4 Å². The SMILES string of the molecule is CCN(Cc1ccc2c(c1)OCO2)C(=O)Nc1ccc(-c2nnnn2C2CC2)cc1. The van der Waals surface area contributed by atoms with Crippen LogP contribution in [0.5, 0.6) is 11.5 Å². The number of amides is 2. The first-order valence-electron chi connectivity index (χ1n) is 10.0. The van der Waals surface area contributed by atoms with Crippen LogP contribution in [0.2, 0.25) is 0 Å². The summed E-state index contributed by atoms with van der Waals surface area (Å²) in [6, 6.07) is 13.6. The topological polar surface area (TPSA) is 94.4 Å². The fourth-order valence-corrected chi connectivity index (χ4v) is 3.44. The number of nitrogens with zero attached hydrogens (tertiary/aromatic N) is 5. The maximum absolute atomic E-state index is 12.8. The summed E-state index contributed by atoms with van der Waals surface area (Å²) in [6.45, 7) is 3.24. The fraction of sp³-hybridized carbons (Fsp3) is 0.333. The molecule has 30 heavy (non-hydrogen) atoms. The van der Waals surface area contributed by atoms with Gasteiger partial charge in [0.25, 0.3) is 0 Å². The molecule has 0 atom stereocenters. The number of aromatic nitrogens is 4. The van der Waals surface area contributed by atoms with E-state index in [4.69, 9.17) is 9.47 Å². The quantitative estimate of drug-likeness (QED) is 0.674. The molecule has 0 saturated heterocycles. The van der Waals surface area contributed by atoms with E-state index in [1.54, 1.807) is 4.90 Å². The summed E-state index contributed by atoms with van der Waals surface area (Å²) >= 11 is 0. The lowest BCUT2D eigenvalue weighted by Gasteiger charge is -2.21. The van der Waals surface area contributed by atoms with E-state index in [-0.39, 0.29) is 12.8 Å². The molecular weight excluding hydrogens is 384 g/mol. The van der Waals surface area contributed by atoms with Gasteiger partial charge in [0.15, 0.2) is 17.3 Å². The molecular formula is C21H22N6O3. The number of carbonyl (C=O) groups excluding carboxylic acids is 1. The number of urea groups is 1. The van der Waals surface area contributed by atoms with Crippen molar-refractivity contribution in [1.29, 1.82) is 0 Å². The fourth-order valence-electron chi connectivity index (χ4n) is 3.44. The van der Waals surface area contributed by atoms with Crippen LogP contribution in [-0.2, 0) is 6.54 Å². The lowest BCUT2D eigenvalue weighted by molar-refractivity contribution is 0.174. The van der Waals surface area contributed by atoms with Crippen LogP contribution in [0, 0.1) is 0 Å². The van der Waals surface area contributed by atoms with Crippen molar-refractivity contribution in [2.45, 2.75) is 32.4 Å². The third kappa shape index (κ3) is 3.66. The van der Waals surface area contributed by atoms with E-state index in [1.807, 2.05) is 54.1 Å². The van der Waals surface area contributed by atoms with Crippen molar-refractivity contribution >= 4 is 11.7 Å². The van der Waals surface area contributed by atoms with E-state index >= 15 is 0 Å². The predicted octanol–water partition coefficient (Wildman–Crippen LogP) is 3.46. The molecule has 154 valence electrons. The van der Waals surface area contributed by atoms with E-state index in [2.05, 4.69) is 20.8 Å². The zero-order chi connectivity index (χ0) is 20.5. The molecule has 5 rings (SSSR count). The Kier molecular flexibility index (Phi) is 4.70. The normalized spacial score (nSPS) is 14.6. The third-order valence-corrected chi connectivity index (χ3v) is 5.26. The van der Waals surface area contributed by atoms with Crippen LogP contribution >= 0.6 is 0 Å². The number of rotatable bonds is 6. The summed E-state index contributed by atoms with van der Waals surface area (Å²) in [5.41, 5.74) is 2.63.